The second-order valence-electron chi connectivity index (χ2n) is 4.23. The Morgan fingerprint density at radius 2 is 1.78 bits per heavy atom. The molecule has 23 heavy (non-hydrogen) atoms. The number of nitro groups is 1. The van der Waals surface area contributed by atoms with Gasteiger partial charge in [0.15, 0.2) is 0 Å². The Kier molecular flexibility index (Phi) is 4.42. The quantitative estimate of drug-likeness (QED) is 0.425. The van der Waals surface area contributed by atoms with Gasteiger partial charge in [-0.25, -0.2) is 8.78 Å². The molecule has 0 amide bonds. The van der Waals surface area contributed by atoms with E-state index in [0.717, 1.165) is 12.1 Å². The van der Waals surface area contributed by atoms with Crippen molar-refractivity contribution in [2.45, 2.75) is 6.18 Å². The van der Waals surface area contributed by atoms with Crippen LogP contribution in [-0.2, 0) is 6.18 Å². The summed E-state index contributed by atoms with van der Waals surface area (Å²) in [7, 11) is 0. The number of hydrogen-bond donors (Lipinski definition) is 0. The van der Waals surface area contributed by atoms with Gasteiger partial charge < -0.3 is 4.74 Å². The molecular formula is C13H5ClF5NO3. The van der Waals surface area contributed by atoms with E-state index in [1.807, 2.05) is 0 Å². The van der Waals surface area contributed by atoms with Gasteiger partial charge in [0, 0.05) is 24.3 Å². The fourth-order valence-electron chi connectivity index (χ4n) is 1.73. The van der Waals surface area contributed by atoms with Gasteiger partial charge >= 0.3 is 11.9 Å². The Labute approximate surface area is 130 Å². The zero-order chi connectivity index (χ0) is 17.4. The summed E-state index contributed by atoms with van der Waals surface area (Å²) in [6.07, 6.45) is -5.02. The molecular weight excluding hydrogens is 349 g/mol. The van der Waals surface area contributed by atoms with Crippen LogP contribution >= 0.6 is 11.6 Å². The molecule has 0 aliphatic rings. The maximum absolute atomic E-state index is 13.6. The first-order chi connectivity index (χ1) is 10.6. The topological polar surface area (TPSA) is 52.4 Å². The summed E-state index contributed by atoms with van der Waals surface area (Å²) in [5.41, 5.74) is -2.34. The molecule has 0 N–H and O–H groups in total. The molecule has 2 aromatic carbocycles. The van der Waals surface area contributed by atoms with Crippen molar-refractivity contribution in [2.75, 3.05) is 0 Å². The molecule has 0 atom stereocenters. The minimum Gasteiger partial charge on any atom is -0.450 e. The molecule has 0 aliphatic carbocycles. The van der Waals surface area contributed by atoms with Gasteiger partial charge in [-0.2, -0.15) is 13.2 Å². The van der Waals surface area contributed by atoms with E-state index >= 15 is 0 Å². The van der Waals surface area contributed by atoms with E-state index in [4.69, 9.17) is 16.3 Å². The van der Waals surface area contributed by atoms with Gasteiger partial charge in [-0.15, -0.1) is 0 Å². The van der Waals surface area contributed by atoms with Gasteiger partial charge in [-0.1, -0.05) is 11.6 Å². The monoisotopic (exact) mass is 353 g/mol. The minimum atomic E-state index is -5.02. The first kappa shape index (κ1) is 16.9. The number of nitro benzene ring substituents is 1. The summed E-state index contributed by atoms with van der Waals surface area (Å²) in [5.74, 6) is -3.76. The van der Waals surface area contributed by atoms with Crippen LogP contribution in [0.1, 0.15) is 5.56 Å². The summed E-state index contributed by atoms with van der Waals surface area (Å²) in [4.78, 5) is 9.90. The van der Waals surface area contributed by atoms with Crippen LogP contribution in [0.15, 0.2) is 30.3 Å². The number of ether oxygens (including phenoxy) is 1. The summed E-state index contributed by atoms with van der Waals surface area (Å²) in [5, 5.41) is 9.80. The fraction of sp³-hybridized carbons (Fsp3) is 0.0769. The molecule has 2 rings (SSSR count). The van der Waals surface area contributed by atoms with Gasteiger partial charge in [0.1, 0.15) is 22.9 Å². The van der Waals surface area contributed by atoms with E-state index in [9.17, 15) is 32.1 Å². The molecule has 0 saturated carbocycles. The molecule has 4 nitrogen and oxygen atoms in total. The van der Waals surface area contributed by atoms with Gasteiger partial charge in [-0.3, -0.25) is 10.1 Å². The van der Waals surface area contributed by atoms with Gasteiger partial charge in [0.25, 0.3) is 0 Å². The third kappa shape index (κ3) is 3.67. The lowest BCUT2D eigenvalue weighted by Gasteiger charge is -2.12. The molecule has 0 heterocycles. The highest BCUT2D eigenvalue weighted by molar-refractivity contribution is 6.31. The number of nitrogens with zero attached hydrogens (tertiary/aromatic N) is 1. The van der Waals surface area contributed by atoms with Crippen LogP contribution < -0.4 is 4.74 Å². The largest absolute Gasteiger partial charge is 0.450 e. The fourth-order valence-corrected chi connectivity index (χ4v) is 2.03. The van der Waals surface area contributed by atoms with Crippen LogP contribution in [0.25, 0.3) is 0 Å². The number of alkyl halides is 3. The maximum atomic E-state index is 13.6. The number of benzene rings is 2. The van der Waals surface area contributed by atoms with Crippen molar-refractivity contribution in [3.63, 3.8) is 0 Å². The highest BCUT2D eigenvalue weighted by Crippen LogP contribution is 2.40. The standard InChI is InChI=1S/C13H5ClF5NO3/c14-8-4-7(5-9(16)12(8)13(17,18)19)23-11-3-6(15)1-2-10(11)20(21)22/h1-5H. The molecule has 0 aromatic heterocycles. The first-order valence-corrected chi connectivity index (χ1v) is 6.15. The number of hydrogen-bond acceptors (Lipinski definition) is 3. The molecule has 0 spiro atoms. The summed E-state index contributed by atoms with van der Waals surface area (Å²) in [6, 6.07) is 3.21. The SMILES string of the molecule is O=[N+]([O-])c1ccc(F)cc1Oc1cc(F)c(C(F)(F)F)c(Cl)c1. The highest BCUT2D eigenvalue weighted by atomic mass is 35.5. The van der Waals surface area contributed by atoms with Crippen LogP contribution in [0.5, 0.6) is 11.5 Å². The van der Waals surface area contributed by atoms with Gasteiger partial charge in [-0.05, 0) is 6.07 Å². The van der Waals surface area contributed by atoms with Gasteiger partial charge in [0.05, 0.1) is 9.95 Å². The lowest BCUT2D eigenvalue weighted by molar-refractivity contribution is -0.385. The van der Waals surface area contributed by atoms with Crippen LogP contribution in [0, 0.1) is 21.7 Å². The summed E-state index contributed by atoms with van der Waals surface area (Å²) < 4.78 is 69.4. The van der Waals surface area contributed by atoms with Crippen LogP contribution in [0.3, 0.4) is 0 Å². The Balaban J connectivity index is 2.47. The van der Waals surface area contributed by atoms with E-state index in [0.29, 0.717) is 18.2 Å². The molecule has 0 saturated heterocycles. The third-order valence-corrected chi connectivity index (χ3v) is 2.94. The lowest BCUT2D eigenvalue weighted by Crippen LogP contribution is -2.09. The Hall–Kier alpha value is -2.42. The number of halogens is 6. The van der Waals surface area contributed by atoms with Crippen LogP contribution in [-0.4, -0.2) is 4.92 Å². The third-order valence-electron chi connectivity index (χ3n) is 2.65. The predicted octanol–water partition coefficient (Wildman–Crippen LogP) is 5.34. The zero-order valence-electron chi connectivity index (χ0n) is 10.8. The number of rotatable bonds is 3. The maximum Gasteiger partial charge on any atom is 0.420 e. The van der Waals surface area contributed by atoms with Crippen molar-refractivity contribution < 1.29 is 31.6 Å². The van der Waals surface area contributed by atoms with Crippen molar-refractivity contribution in [3.05, 3.63) is 62.7 Å². The van der Waals surface area contributed by atoms with Crippen LogP contribution in [0.4, 0.5) is 27.6 Å². The second-order valence-corrected chi connectivity index (χ2v) is 4.64. The minimum absolute atomic E-state index is 0.351. The van der Waals surface area contributed by atoms with Crippen LogP contribution in [0.2, 0.25) is 5.02 Å². The van der Waals surface area contributed by atoms with Gasteiger partial charge in [0.2, 0.25) is 5.75 Å². The van der Waals surface area contributed by atoms with Crippen molar-refractivity contribution in [1.82, 2.24) is 0 Å². The Bertz CT molecular complexity index is 756. The highest BCUT2D eigenvalue weighted by Gasteiger charge is 2.37. The lowest BCUT2D eigenvalue weighted by atomic mass is 10.2. The van der Waals surface area contributed by atoms with Crippen molar-refractivity contribution in [1.29, 1.82) is 0 Å². The molecule has 2 aromatic rings. The average molecular weight is 354 g/mol. The van der Waals surface area contributed by atoms with Crippen molar-refractivity contribution in [2.24, 2.45) is 0 Å². The molecule has 10 heteroatoms. The average Bonchev–Trinajstić information content (AvgIpc) is 2.35. The molecule has 0 bridgehead atoms. The second kappa shape index (κ2) is 5.99. The normalized spacial score (nSPS) is 11.4. The molecule has 0 radical (unpaired) electrons. The summed E-state index contributed by atoms with van der Waals surface area (Å²) in [6.45, 7) is 0. The van der Waals surface area contributed by atoms with E-state index in [2.05, 4.69) is 0 Å². The van der Waals surface area contributed by atoms with E-state index in [1.165, 1.54) is 0 Å². The molecule has 0 unspecified atom stereocenters. The molecule has 122 valence electrons. The summed E-state index contributed by atoms with van der Waals surface area (Å²) >= 11 is 5.37. The van der Waals surface area contributed by atoms with E-state index in [-0.39, 0.29) is 0 Å². The van der Waals surface area contributed by atoms with E-state index < -0.39 is 50.5 Å². The van der Waals surface area contributed by atoms with Crippen molar-refractivity contribution in [3.8, 4) is 11.5 Å². The Morgan fingerprint density at radius 3 is 2.30 bits per heavy atom. The van der Waals surface area contributed by atoms with E-state index in [1.54, 1.807) is 0 Å². The van der Waals surface area contributed by atoms with Crippen molar-refractivity contribution >= 4 is 17.3 Å². The predicted molar refractivity (Wildman–Crippen MR) is 69.5 cm³/mol. The molecule has 0 aliphatic heterocycles. The zero-order valence-corrected chi connectivity index (χ0v) is 11.6. The molecule has 0 fully saturated rings. The first-order valence-electron chi connectivity index (χ1n) is 5.77. The Morgan fingerprint density at radius 1 is 1.13 bits per heavy atom. The smallest absolute Gasteiger partial charge is 0.420 e.